The normalized spacial score (nSPS) is 12.7. The largest absolute Gasteiger partial charge is 0.356 e. The van der Waals surface area contributed by atoms with Gasteiger partial charge in [-0.1, -0.05) is 19.3 Å². The zero-order valence-corrected chi connectivity index (χ0v) is 17.4. The summed E-state index contributed by atoms with van der Waals surface area (Å²) in [7, 11) is 6.13. The molecule has 0 saturated heterocycles. The van der Waals surface area contributed by atoms with Crippen LogP contribution in [0.1, 0.15) is 59.8 Å². The van der Waals surface area contributed by atoms with Crippen molar-refractivity contribution >= 4 is 5.96 Å². The third kappa shape index (κ3) is 12.6. The molecule has 0 aromatic heterocycles. The summed E-state index contributed by atoms with van der Waals surface area (Å²) in [6.07, 6.45) is 6.50. The van der Waals surface area contributed by atoms with E-state index in [0.29, 0.717) is 12.1 Å². The maximum atomic E-state index is 4.31. The van der Waals surface area contributed by atoms with Crippen LogP contribution in [0.5, 0.6) is 0 Å². The second-order valence-electron chi connectivity index (χ2n) is 7.42. The van der Waals surface area contributed by atoms with Crippen LogP contribution >= 0.6 is 0 Å². The third-order valence-corrected chi connectivity index (χ3v) is 4.29. The topological polar surface area (TPSA) is 42.9 Å². The van der Waals surface area contributed by atoms with Gasteiger partial charge in [-0.15, -0.1) is 0 Å². The Labute approximate surface area is 151 Å². The Morgan fingerprint density at radius 3 is 1.88 bits per heavy atom. The molecule has 0 aliphatic rings. The number of unbranched alkanes of at least 4 members (excludes halogenated alkanes) is 4. The van der Waals surface area contributed by atoms with Gasteiger partial charge in [-0.05, 0) is 61.2 Å². The summed E-state index contributed by atoms with van der Waals surface area (Å²) in [4.78, 5) is 9.07. The molecule has 0 aliphatic carbocycles. The van der Waals surface area contributed by atoms with Crippen LogP contribution in [0, 0.1) is 0 Å². The Kier molecular flexibility index (Phi) is 14.0. The van der Waals surface area contributed by atoms with Gasteiger partial charge in [0.15, 0.2) is 5.96 Å². The molecule has 144 valence electrons. The molecule has 0 bridgehead atoms. The highest BCUT2D eigenvalue weighted by molar-refractivity contribution is 5.79. The molecule has 5 nitrogen and oxygen atoms in total. The standard InChI is InChI=1S/C19H43N5/c1-17(2)24(18(3)4)16-14-22-19(20-5)21-13-11-9-8-10-12-15-23(6)7/h17-18H,8-16H2,1-7H3,(H2,20,21,22). The average Bonchev–Trinajstić information content (AvgIpc) is 2.50. The number of guanidine groups is 1. The molecule has 0 fully saturated rings. The molecule has 0 amide bonds. The number of hydrogen-bond donors (Lipinski definition) is 2. The summed E-state index contributed by atoms with van der Waals surface area (Å²) in [5, 5.41) is 6.85. The lowest BCUT2D eigenvalue weighted by atomic mass is 10.1. The molecule has 0 rings (SSSR count). The first kappa shape index (κ1) is 23.2. The predicted molar refractivity (Wildman–Crippen MR) is 108 cm³/mol. The highest BCUT2D eigenvalue weighted by Crippen LogP contribution is 2.04. The minimum Gasteiger partial charge on any atom is -0.356 e. The Morgan fingerprint density at radius 2 is 1.33 bits per heavy atom. The van der Waals surface area contributed by atoms with Gasteiger partial charge in [0.25, 0.3) is 0 Å². The molecule has 0 radical (unpaired) electrons. The van der Waals surface area contributed by atoms with Crippen molar-refractivity contribution in [2.24, 2.45) is 4.99 Å². The summed E-state index contributed by atoms with van der Waals surface area (Å²) in [5.74, 6) is 0.926. The summed E-state index contributed by atoms with van der Waals surface area (Å²) < 4.78 is 0. The monoisotopic (exact) mass is 341 g/mol. The van der Waals surface area contributed by atoms with Crippen molar-refractivity contribution in [3.05, 3.63) is 0 Å². The van der Waals surface area contributed by atoms with Crippen molar-refractivity contribution in [3.8, 4) is 0 Å². The smallest absolute Gasteiger partial charge is 0.191 e. The van der Waals surface area contributed by atoms with Crippen LogP contribution in [0.2, 0.25) is 0 Å². The quantitative estimate of drug-likeness (QED) is 0.307. The Bertz CT molecular complexity index is 305. The van der Waals surface area contributed by atoms with E-state index in [0.717, 1.165) is 25.6 Å². The summed E-state index contributed by atoms with van der Waals surface area (Å²) in [5.41, 5.74) is 0. The molecule has 0 unspecified atom stereocenters. The predicted octanol–water partition coefficient (Wildman–Crippen LogP) is 2.78. The molecule has 0 atom stereocenters. The van der Waals surface area contributed by atoms with Gasteiger partial charge in [0, 0.05) is 38.8 Å². The van der Waals surface area contributed by atoms with Crippen molar-refractivity contribution in [2.75, 3.05) is 47.3 Å². The van der Waals surface area contributed by atoms with Crippen molar-refractivity contribution in [1.82, 2.24) is 20.4 Å². The minimum atomic E-state index is 0.578. The van der Waals surface area contributed by atoms with E-state index in [1.165, 1.54) is 38.6 Å². The Hall–Kier alpha value is -0.810. The number of rotatable bonds is 13. The van der Waals surface area contributed by atoms with Crippen LogP contribution in [-0.2, 0) is 0 Å². The maximum absolute atomic E-state index is 4.31. The SMILES string of the molecule is CN=C(NCCCCCCCN(C)C)NCCN(C(C)C)C(C)C. The molecule has 0 aromatic rings. The molecule has 0 aliphatic heterocycles. The van der Waals surface area contributed by atoms with Crippen molar-refractivity contribution in [3.63, 3.8) is 0 Å². The van der Waals surface area contributed by atoms with Crippen LogP contribution < -0.4 is 10.6 Å². The first-order valence-electron chi connectivity index (χ1n) is 9.73. The van der Waals surface area contributed by atoms with Crippen LogP contribution in [0.25, 0.3) is 0 Å². The summed E-state index contributed by atoms with van der Waals surface area (Å²) in [6.45, 7) is 13.2. The molecule has 0 spiro atoms. The Morgan fingerprint density at radius 1 is 0.792 bits per heavy atom. The first-order valence-corrected chi connectivity index (χ1v) is 9.73. The minimum absolute atomic E-state index is 0.578. The van der Waals surface area contributed by atoms with Crippen molar-refractivity contribution in [1.29, 1.82) is 0 Å². The lowest BCUT2D eigenvalue weighted by Gasteiger charge is -2.30. The number of aliphatic imine (C=N–C) groups is 1. The van der Waals surface area contributed by atoms with E-state index in [9.17, 15) is 0 Å². The zero-order chi connectivity index (χ0) is 18.4. The fraction of sp³-hybridized carbons (Fsp3) is 0.947. The maximum Gasteiger partial charge on any atom is 0.191 e. The van der Waals surface area contributed by atoms with Crippen molar-refractivity contribution in [2.45, 2.75) is 71.9 Å². The van der Waals surface area contributed by atoms with Gasteiger partial charge in [0.1, 0.15) is 0 Å². The highest BCUT2D eigenvalue weighted by Gasteiger charge is 2.12. The molecule has 5 heteroatoms. The number of hydrogen-bond acceptors (Lipinski definition) is 3. The number of nitrogens with one attached hydrogen (secondary N) is 2. The molecule has 2 N–H and O–H groups in total. The third-order valence-electron chi connectivity index (χ3n) is 4.29. The van der Waals surface area contributed by atoms with Gasteiger partial charge in [-0.3, -0.25) is 9.89 Å². The van der Waals surface area contributed by atoms with Crippen LogP contribution in [0.3, 0.4) is 0 Å². The molecule has 0 saturated carbocycles. The average molecular weight is 342 g/mol. The van der Waals surface area contributed by atoms with Crippen molar-refractivity contribution < 1.29 is 0 Å². The van der Waals surface area contributed by atoms with E-state index in [1.807, 2.05) is 7.05 Å². The van der Waals surface area contributed by atoms with Gasteiger partial charge in [0.2, 0.25) is 0 Å². The second kappa shape index (κ2) is 14.5. The zero-order valence-electron chi connectivity index (χ0n) is 17.4. The molecular formula is C19H43N5. The van der Waals surface area contributed by atoms with E-state index in [1.54, 1.807) is 0 Å². The van der Waals surface area contributed by atoms with E-state index < -0.39 is 0 Å². The summed E-state index contributed by atoms with van der Waals surface area (Å²) in [6, 6.07) is 1.16. The highest BCUT2D eigenvalue weighted by atomic mass is 15.2. The van der Waals surface area contributed by atoms with E-state index in [4.69, 9.17) is 0 Å². The molecule has 0 aromatic carbocycles. The lowest BCUT2D eigenvalue weighted by molar-refractivity contribution is 0.178. The van der Waals surface area contributed by atoms with E-state index in [2.05, 4.69) is 67.2 Å². The fourth-order valence-corrected chi connectivity index (χ4v) is 2.93. The Balaban J connectivity index is 3.70. The van der Waals surface area contributed by atoms with E-state index >= 15 is 0 Å². The molecular weight excluding hydrogens is 298 g/mol. The van der Waals surface area contributed by atoms with Gasteiger partial charge in [-0.2, -0.15) is 0 Å². The molecule has 24 heavy (non-hydrogen) atoms. The lowest BCUT2D eigenvalue weighted by Crippen LogP contribution is -2.45. The van der Waals surface area contributed by atoms with Gasteiger partial charge < -0.3 is 15.5 Å². The van der Waals surface area contributed by atoms with Crippen LogP contribution in [-0.4, -0.2) is 75.2 Å². The first-order chi connectivity index (χ1) is 11.4. The number of nitrogens with zero attached hydrogens (tertiary/aromatic N) is 3. The van der Waals surface area contributed by atoms with Gasteiger partial charge in [-0.25, -0.2) is 0 Å². The second-order valence-corrected chi connectivity index (χ2v) is 7.42. The van der Waals surface area contributed by atoms with Gasteiger partial charge in [0.05, 0.1) is 0 Å². The van der Waals surface area contributed by atoms with Crippen LogP contribution in [0.15, 0.2) is 4.99 Å². The summed E-state index contributed by atoms with van der Waals surface area (Å²) >= 11 is 0. The van der Waals surface area contributed by atoms with Gasteiger partial charge >= 0.3 is 0 Å². The molecule has 0 heterocycles. The fourth-order valence-electron chi connectivity index (χ4n) is 2.93. The van der Waals surface area contributed by atoms with Crippen LogP contribution in [0.4, 0.5) is 0 Å². The van der Waals surface area contributed by atoms with E-state index in [-0.39, 0.29) is 0 Å².